The fraction of sp³-hybridized carbons (Fsp3) is 0. The lowest BCUT2D eigenvalue weighted by atomic mass is 10.1. The molecule has 6 heteroatoms. The van der Waals surface area contributed by atoms with Gasteiger partial charge in [0.15, 0.2) is 5.69 Å². The molecule has 15 heavy (non-hydrogen) atoms. The minimum absolute atomic E-state index is 0.0678. The van der Waals surface area contributed by atoms with Gasteiger partial charge in [-0.15, -0.1) is 5.10 Å². The average molecular weight is 219 g/mol. The van der Waals surface area contributed by atoms with Crippen molar-refractivity contribution in [3.8, 4) is 11.3 Å². The van der Waals surface area contributed by atoms with Gasteiger partial charge in [-0.25, -0.2) is 0 Å². The standard InChI is InChI=1S/C9H8N4OS/c10-6-4-2-1-3-5(6)7-8(14)11-9(15)13-12-7/h1-4H,10H2,(H2,11,13,14,15)/p-1. The molecule has 1 heterocycles. The van der Waals surface area contributed by atoms with E-state index in [0.717, 1.165) is 0 Å². The van der Waals surface area contributed by atoms with Gasteiger partial charge in [0.2, 0.25) is 0 Å². The van der Waals surface area contributed by atoms with Gasteiger partial charge in [0.25, 0.3) is 5.56 Å². The number of anilines is 1. The number of benzene rings is 1. The molecule has 0 aliphatic heterocycles. The highest BCUT2D eigenvalue weighted by atomic mass is 32.1. The average Bonchev–Trinajstić information content (AvgIpc) is 2.20. The Morgan fingerprint density at radius 3 is 2.67 bits per heavy atom. The molecule has 1 aromatic heterocycles. The molecular formula is C9H7N4OS-. The summed E-state index contributed by atoms with van der Waals surface area (Å²) in [5.41, 5.74) is 6.55. The van der Waals surface area contributed by atoms with E-state index < -0.39 is 0 Å². The summed E-state index contributed by atoms with van der Waals surface area (Å²) in [4.78, 5) is 13.9. The first kappa shape index (κ1) is 9.60. The summed E-state index contributed by atoms with van der Waals surface area (Å²) in [6, 6.07) is 6.95. The molecule has 1 aromatic carbocycles. The molecule has 0 spiro atoms. The fourth-order valence-electron chi connectivity index (χ4n) is 1.21. The van der Waals surface area contributed by atoms with Crippen molar-refractivity contribution < 1.29 is 0 Å². The highest BCUT2D eigenvalue weighted by molar-refractivity contribution is 7.58. The van der Waals surface area contributed by atoms with Crippen LogP contribution in [0.4, 0.5) is 5.69 Å². The third-order valence-electron chi connectivity index (χ3n) is 1.89. The molecule has 0 bridgehead atoms. The number of hydrogen-bond acceptors (Lipinski definition) is 5. The van der Waals surface area contributed by atoms with Crippen LogP contribution in [0.1, 0.15) is 0 Å². The van der Waals surface area contributed by atoms with Crippen LogP contribution < -0.4 is 11.3 Å². The molecule has 76 valence electrons. The lowest BCUT2D eigenvalue weighted by molar-refractivity contribution is 0.827. The summed E-state index contributed by atoms with van der Waals surface area (Å²) in [5.74, 6) is 0. The number of rotatable bonds is 1. The summed E-state index contributed by atoms with van der Waals surface area (Å²) in [6.07, 6.45) is 0. The van der Waals surface area contributed by atoms with Crippen LogP contribution >= 0.6 is 0 Å². The zero-order valence-electron chi connectivity index (χ0n) is 7.60. The minimum atomic E-state index is -0.382. The van der Waals surface area contributed by atoms with E-state index in [9.17, 15) is 4.79 Å². The second-order valence-corrected chi connectivity index (χ2v) is 3.28. The molecule has 0 aliphatic carbocycles. The third kappa shape index (κ3) is 1.79. The number of aromatic amines is 1. The highest BCUT2D eigenvalue weighted by Gasteiger charge is 2.07. The monoisotopic (exact) mass is 219 g/mol. The smallest absolute Gasteiger partial charge is 0.276 e. The summed E-state index contributed by atoms with van der Waals surface area (Å²) < 4.78 is 0. The predicted octanol–water partition coefficient (Wildman–Crippen LogP) is 0.320. The first-order valence-corrected chi connectivity index (χ1v) is 4.58. The van der Waals surface area contributed by atoms with E-state index in [4.69, 9.17) is 5.73 Å². The molecule has 0 fully saturated rings. The molecule has 5 nitrogen and oxygen atoms in total. The van der Waals surface area contributed by atoms with Gasteiger partial charge in [0.05, 0.1) is 0 Å². The Kier molecular flexibility index (Phi) is 2.34. The van der Waals surface area contributed by atoms with E-state index >= 15 is 0 Å². The Bertz CT molecular complexity index is 552. The molecule has 0 aliphatic rings. The maximum Gasteiger partial charge on any atom is 0.276 e. The molecule has 0 saturated heterocycles. The number of aromatic nitrogens is 3. The van der Waals surface area contributed by atoms with E-state index in [-0.39, 0.29) is 16.4 Å². The van der Waals surface area contributed by atoms with Crippen molar-refractivity contribution in [3.63, 3.8) is 0 Å². The largest absolute Gasteiger partial charge is 0.740 e. The highest BCUT2D eigenvalue weighted by Crippen LogP contribution is 2.19. The second-order valence-electron chi connectivity index (χ2n) is 2.90. The van der Waals surface area contributed by atoms with E-state index in [1.807, 2.05) is 0 Å². The molecule has 2 rings (SSSR count). The number of nitrogens with zero attached hydrogens (tertiary/aromatic N) is 2. The van der Waals surface area contributed by atoms with Crippen LogP contribution in [0.5, 0.6) is 0 Å². The Morgan fingerprint density at radius 2 is 2.00 bits per heavy atom. The predicted molar refractivity (Wildman–Crippen MR) is 58.1 cm³/mol. The number of nitrogens with one attached hydrogen (secondary N) is 1. The maximum atomic E-state index is 11.5. The second kappa shape index (κ2) is 3.66. The molecule has 3 N–H and O–H groups in total. The Labute approximate surface area is 90.8 Å². The van der Waals surface area contributed by atoms with Crippen LogP contribution in [0.2, 0.25) is 0 Å². The van der Waals surface area contributed by atoms with Gasteiger partial charge < -0.3 is 23.3 Å². The minimum Gasteiger partial charge on any atom is -0.740 e. The van der Waals surface area contributed by atoms with E-state index in [2.05, 4.69) is 27.8 Å². The van der Waals surface area contributed by atoms with Crippen molar-refractivity contribution in [2.24, 2.45) is 0 Å². The van der Waals surface area contributed by atoms with Gasteiger partial charge in [-0.3, -0.25) is 4.79 Å². The normalized spacial score (nSPS) is 10.1. The quantitative estimate of drug-likeness (QED) is 0.533. The Balaban J connectivity index is 2.65. The Hall–Kier alpha value is -1.95. The zero-order chi connectivity index (χ0) is 10.8. The van der Waals surface area contributed by atoms with Gasteiger partial charge in [-0.2, -0.15) is 5.10 Å². The summed E-state index contributed by atoms with van der Waals surface area (Å²) >= 11 is 4.68. The van der Waals surface area contributed by atoms with Crippen LogP contribution in [-0.4, -0.2) is 15.2 Å². The van der Waals surface area contributed by atoms with Gasteiger partial charge in [-0.1, -0.05) is 18.2 Å². The van der Waals surface area contributed by atoms with Crippen molar-refractivity contribution >= 4 is 18.3 Å². The molecule has 0 atom stereocenters. The number of nitrogen functional groups attached to an aromatic ring is 1. The molecule has 0 amide bonds. The fourth-order valence-corrected chi connectivity index (χ4v) is 1.34. The molecular weight excluding hydrogens is 212 g/mol. The molecule has 0 unspecified atom stereocenters. The summed E-state index contributed by atoms with van der Waals surface area (Å²) in [6.45, 7) is 0. The number of para-hydroxylation sites is 1. The lowest BCUT2D eigenvalue weighted by Gasteiger charge is -2.05. The van der Waals surface area contributed by atoms with Crippen LogP contribution in [0.15, 0.2) is 34.2 Å². The number of hydrogen-bond donors (Lipinski definition) is 2. The molecule has 0 radical (unpaired) electrons. The van der Waals surface area contributed by atoms with Gasteiger partial charge in [0.1, 0.15) is 0 Å². The third-order valence-corrected chi connectivity index (χ3v) is 2.08. The van der Waals surface area contributed by atoms with Crippen LogP contribution in [0, 0.1) is 0 Å². The van der Waals surface area contributed by atoms with Crippen molar-refractivity contribution in [2.45, 2.75) is 5.16 Å². The van der Waals surface area contributed by atoms with E-state index in [1.54, 1.807) is 24.3 Å². The van der Waals surface area contributed by atoms with Gasteiger partial charge >= 0.3 is 0 Å². The molecule has 0 saturated carbocycles. The van der Waals surface area contributed by atoms with Crippen LogP contribution in [-0.2, 0) is 12.6 Å². The van der Waals surface area contributed by atoms with Gasteiger partial charge in [-0.05, 0) is 6.07 Å². The topological polar surface area (TPSA) is 84.7 Å². The van der Waals surface area contributed by atoms with Crippen molar-refractivity contribution in [2.75, 3.05) is 5.73 Å². The van der Waals surface area contributed by atoms with Crippen molar-refractivity contribution in [3.05, 3.63) is 34.6 Å². The van der Waals surface area contributed by atoms with Crippen LogP contribution in [0.3, 0.4) is 0 Å². The van der Waals surface area contributed by atoms with Gasteiger partial charge in [0, 0.05) is 16.4 Å². The molecule has 2 aromatic rings. The van der Waals surface area contributed by atoms with Crippen molar-refractivity contribution in [1.82, 2.24) is 15.2 Å². The first-order valence-electron chi connectivity index (χ1n) is 4.17. The number of H-pyrrole nitrogens is 1. The summed E-state index contributed by atoms with van der Waals surface area (Å²) in [7, 11) is 0. The van der Waals surface area contributed by atoms with E-state index in [0.29, 0.717) is 11.3 Å². The number of nitrogens with two attached hydrogens (primary N) is 1. The maximum absolute atomic E-state index is 11.5. The van der Waals surface area contributed by atoms with Crippen molar-refractivity contribution in [1.29, 1.82) is 0 Å². The van der Waals surface area contributed by atoms with Crippen LogP contribution in [0.25, 0.3) is 11.3 Å². The Morgan fingerprint density at radius 1 is 1.27 bits per heavy atom. The summed E-state index contributed by atoms with van der Waals surface area (Å²) in [5, 5.41) is 7.41. The SMILES string of the molecule is Nc1ccccc1-c1nnc([S-])[nH]c1=O. The first-order chi connectivity index (χ1) is 7.18. The lowest BCUT2D eigenvalue weighted by Crippen LogP contribution is -2.14. The zero-order valence-corrected chi connectivity index (χ0v) is 8.41. The van der Waals surface area contributed by atoms with E-state index in [1.165, 1.54) is 0 Å².